The first-order valence-electron chi connectivity index (χ1n) is 7.09. The summed E-state index contributed by atoms with van der Waals surface area (Å²) in [5, 5.41) is 8.28. The zero-order valence-corrected chi connectivity index (χ0v) is 14.1. The van der Waals surface area contributed by atoms with E-state index in [1.54, 1.807) is 18.6 Å². The molecule has 2 aromatic heterocycles. The van der Waals surface area contributed by atoms with Gasteiger partial charge in [0.05, 0.1) is 23.8 Å². The van der Waals surface area contributed by atoms with Gasteiger partial charge in [-0.3, -0.25) is 9.97 Å². The summed E-state index contributed by atoms with van der Waals surface area (Å²) in [5.41, 5.74) is 2.66. The number of aromatic nitrogens is 4. The molecule has 0 aliphatic rings. The first kappa shape index (κ1) is 21.5. The van der Waals surface area contributed by atoms with Gasteiger partial charge in [-0.2, -0.15) is 5.26 Å². The van der Waals surface area contributed by atoms with Gasteiger partial charge in [0.15, 0.2) is 5.69 Å². The zero-order chi connectivity index (χ0) is 17.4. The van der Waals surface area contributed by atoms with E-state index in [0.717, 1.165) is 11.4 Å². The van der Waals surface area contributed by atoms with E-state index < -0.39 is 0 Å². The van der Waals surface area contributed by atoms with Crippen molar-refractivity contribution in [2.45, 2.75) is 41.5 Å². The first-order chi connectivity index (χ1) is 10.7. The van der Waals surface area contributed by atoms with Crippen LogP contribution in [0.1, 0.15) is 50.5 Å². The number of terminal acetylenes is 1. The standard InChI is InChI=1S/C7H6N2.C6H5N3.2C2H6/c1-3-7-5-8-6(2)4-9-7;1-5-3-9-6(2-7)4-8-5;2*1-2/h1,4-5H,2H3;3-4H,1H3;2*1-2H3. The first-order valence-corrected chi connectivity index (χ1v) is 7.09. The van der Waals surface area contributed by atoms with Crippen molar-refractivity contribution in [1.29, 1.82) is 5.26 Å². The number of rotatable bonds is 0. The molecule has 116 valence electrons. The molecule has 2 rings (SSSR count). The molecule has 2 heterocycles. The Morgan fingerprint density at radius 2 is 1.18 bits per heavy atom. The Morgan fingerprint density at radius 3 is 1.45 bits per heavy atom. The van der Waals surface area contributed by atoms with Crippen molar-refractivity contribution in [2.75, 3.05) is 0 Å². The summed E-state index contributed by atoms with van der Waals surface area (Å²) in [4.78, 5) is 15.5. The Balaban J connectivity index is 0. The van der Waals surface area contributed by atoms with E-state index in [2.05, 4.69) is 25.9 Å². The van der Waals surface area contributed by atoms with Crippen molar-refractivity contribution < 1.29 is 0 Å². The molecule has 0 spiro atoms. The molecule has 2 aromatic rings. The molecule has 5 heteroatoms. The monoisotopic (exact) mass is 297 g/mol. The Hall–Kier alpha value is -2.79. The summed E-state index contributed by atoms with van der Waals surface area (Å²) < 4.78 is 0. The van der Waals surface area contributed by atoms with Gasteiger partial charge in [-0.1, -0.05) is 27.7 Å². The summed E-state index contributed by atoms with van der Waals surface area (Å²) in [5.74, 6) is 2.38. The van der Waals surface area contributed by atoms with E-state index in [-0.39, 0.29) is 0 Å². The Morgan fingerprint density at radius 1 is 0.773 bits per heavy atom. The molecule has 0 atom stereocenters. The minimum absolute atomic E-state index is 0.362. The molecule has 0 N–H and O–H groups in total. The molecule has 0 saturated heterocycles. The second-order valence-corrected chi connectivity index (χ2v) is 3.34. The molecular formula is C17H23N5. The summed E-state index contributed by atoms with van der Waals surface area (Å²) in [6, 6.07) is 1.88. The topological polar surface area (TPSA) is 75.3 Å². The molecule has 0 unspecified atom stereocenters. The molecular weight excluding hydrogens is 274 g/mol. The fourth-order valence-corrected chi connectivity index (χ4v) is 0.917. The van der Waals surface area contributed by atoms with Gasteiger partial charge in [0.1, 0.15) is 11.8 Å². The maximum atomic E-state index is 8.28. The third-order valence-corrected chi connectivity index (χ3v) is 1.82. The van der Waals surface area contributed by atoms with Crippen molar-refractivity contribution in [3.63, 3.8) is 0 Å². The van der Waals surface area contributed by atoms with E-state index in [1.165, 1.54) is 6.20 Å². The highest BCUT2D eigenvalue weighted by atomic mass is 14.8. The van der Waals surface area contributed by atoms with Crippen molar-refractivity contribution in [1.82, 2.24) is 19.9 Å². The van der Waals surface area contributed by atoms with Gasteiger partial charge in [-0.25, -0.2) is 9.97 Å². The lowest BCUT2D eigenvalue weighted by Crippen LogP contribution is -1.85. The lowest BCUT2D eigenvalue weighted by molar-refractivity contribution is 1.09. The lowest BCUT2D eigenvalue weighted by Gasteiger charge is -1.88. The lowest BCUT2D eigenvalue weighted by atomic mass is 10.4. The van der Waals surface area contributed by atoms with E-state index in [9.17, 15) is 0 Å². The molecule has 5 nitrogen and oxygen atoms in total. The van der Waals surface area contributed by atoms with E-state index in [0.29, 0.717) is 11.4 Å². The number of nitrogens with zero attached hydrogens (tertiary/aromatic N) is 5. The third-order valence-electron chi connectivity index (χ3n) is 1.82. The van der Waals surface area contributed by atoms with Crippen molar-refractivity contribution in [2.24, 2.45) is 0 Å². The third kappa shape index (κ3) is 10.1. The van der Waals surface area contributed by atoms with Crippen LogP contribution in [0.25, 0.3) is 0 Å². The van der Waals surface area contributed by atoms with Gasteiger partial charge in [0.25, 0.3) is 0 Å². The average Bonchev–Trinajstić information content (AvgIpc) is 2.60. The average molecular weight is 297 g/mol. The number of hydrogen-bond donors (Lipinski definition) is 0. The van der Waals surface area contributed by atoms with Gasteiger partial charge >= 0.3 is 0 Å². The zero-order valence-electron chi connectivity index (χ0n) is 14.1. The molecule has 22 heavy (non-hydrogen) atoms. The molecule has 0 aliphatic heterocycles. The molecule has 0 aromatic carbocycles. The predicted molar refractivity (Wildman–Crippen MR) is 88.9 cm³/mol. The molecule has 0 amide bonds. The van der Waals surface area contributed by atoms with Gasteiger partial charge in [0, 0.05) is 12.4 Å². The van der Waals surface area contributed by atoms with Crippen LogP contribution in [-0.4, -0.2) is 19.9 Å². The van der Waals surface area contributed by atoms with Crippen LogP contribution in [0.5, 0.6) is 0 Å². The van der Waals surface area contributed by atoms with Crippen molar-refractivity contribution in [3.05, 3.63) is 47.6 Å². The molecule has 0 fully saturated rings. The van der Waals surface area contributed by atoms with E-state index in [1.807, 2.05) is 47.6 Å². The number of hydrogen-bond acceptors (Lipinski definition) is 5. The molecule has 0 aliphatic carbocycles. The summed E-state index contributed by atoms with van der Waals surface area (Å²) in [6.07, 6.45) is 11.3. The smallest absolute Gasteiger partial charge is 0.158 e. The Labute approximate surface area is 133 Å². The van der Waals surface area contributed by atoms with Crippen LogP contribution in [0.15, 0.2) is 24.8 Å². The molecule has 0 bridgehead atoms. The molecule has 0 radical (unpaired) electrons. The normalized spacial score (nSPS) is 7.45. The Bertz CT molecular complexity index is 519. The number of nitriles is 1. The number of aryl methyl sites for hydroxylation is 2. The maximum absolute atomic E-state index is 8.28. The van der Waals surface area contributed by atoms with Crippen LogP contribution in [0.4, 0.5) is 0 Å². The highest BCUT2D eigenvalue weighted by molar-refractivity contribution is 5.20. The van der Waals surface area contributed by atoms with Crippen LogP contribution < -0.4 is 0 Å². The largest absolute Gasteiger partial charge is 0.257 e. The van der Waals surface area contributed by atoms with Gasteiger partial charge in [0.2, 0.25) is 0 Å². The minimum atomic E-state index is 0.362. The minimum Gasteiger partial charge on any atom is -0.257 e. The highest BCUT2D eigenvalue weighted by Crippen LogP contribution is 1.90. The second kappa shape index (κ2) is 14.6. The predicted octanol–water partition coefficient (Wildman–Crippen LogP) is 3.48. The maximum Gasteiger partial charge on any atom is 0.158 e. The van der Waals surface area contributed by atoms with Gasteiger partial charge in [-0.15, -0.1) is 6.42 Å². The van der Waals surface area contributed by atoms with Crippen LogP contribution >= 0.6 is 0 Å². The van der Waals surface area contributed by atoms with Crippen molar-refractivity contribution >= 4 is 0 Å². The SMILES string of the molecule is C#Cc1cnc(C)cn1.CC.CC.Cc1cnc(C#N)cn1. The summed E-state index contributed by atoms with van der Waals surface area (Å²) in [6.45, 7) is 11.7. The van der Waals surface area contributed by atoms with Crippen molar-refractivity contribution in [3.8, 4) is 18.4 Å². The fraction of sp³-hybridized carbons (Fsp3) is 0.353. The van der Waals surface area contributed by atoms with E-state index in [4.69, 9.17) is 11.7 Å². The van der Waals surface area contributed by atoms with Crippen LogP contribution in [0.2, 0.25) is 0 Å². The van der Waals surface area contributed by atoms with E-state index >= 15 is 0 Å². The summed E-state index contributed by atoms with van der Waals surface area (Å²) in [7, 11) is 0. The van der Waals surface area contributed by atoms with Gasteiger partial charge in [-0.05, 0) is 19.8 Å². The van der Waals surface area contributed by atoms with Crippen LogP contribution in [0, 0.1) is 37.5 Å². The van der Waals surface area contributed by atoms with Crippen LogP contribution in [0.3, 0.4) is 0 Å². The van der Waals surface area contributed by atoms with Crippen LogP contribution in [-0.2, 0) is 0 Å². The molecule has 0 saturated carbocycles. The fourth-order valence-electron chi connectivity index (χ4n) is 0.917. The highest BCUT2D eigenvalue weighted by Gasteiger charge is 1.88. The second-order valence-electron chi connectivity index (χ2n) is 3.34. The Kier molecular flexibility index (Phi) is 14.3. The summed E-state index contributed by atoms with van der Waals surface area (Å²) >= 11 is 0. The quantitative estimate of drug-likeness (QED) is 0.696. The van der Waals surface area contributed by atoms with Gasteiger partial charge < -0.3 is 0 Å².